The molecule has 0 unspecified atom stereocenters. The van der Waals surface area contributed by atoms with E-state index >= 15 is 0 Å². The Kier molecular flexibility index (Phi) is 3.54. The molecule has 0 saturated carbocycles. The molecule has 7 heteroatoms. The lowest BCUT2D eigenvalue weighted by Crippen LogP contribution is -2.52. The number of hydrogen-bond donors (Lipinski definition) is 0. The number of hydrogen-bond acceptors (Lipinski definition) is 5. The van der Waals surface area contributed by atoms with E-state index in [-0.39, 0.29) is 0 Å². The van der Waals surface area contributed by atoms with Gasteiger partial charge in [0.15, 0.2) is 0 Å². The third-order valence-electron chi connectivity index (χ3n) is 3.10. The molecule has 2 heterocycles. The van der Waals surface area contributed by atoms with Gasteiger partial charge in [-0.15, -0.1) is 0 Å². The van der Waals surface area contributed by atoms with Crippen molar-refractivity contribution in [1.82, 2.24) is 14.3 Å². The molecule has 0 atom stereocenters. The quantitative estimate of drug-likeness (QED) is 0.777. The molecule has 0 N–H and O–H groups in total. The summed E-state index contributed by atoms with van der Waals surface area (Å²) in [7, 11) is -1.47. The molecule has 0 bridgehead atoms. The maximum Gasteiger partial charge on any atom is 0.225 e. The lowest BCUT2D eigenvalue weighted by Gasteiger charge is -2.40. The molecule has 0 aliphatic carbocycles. The SMILES string of the molecule is Cc1ccnc(N2CC(CN(C)S(C)(=O)=O)C2)n1. The number of sulfonamides is 1. The molecular formula is C11H18N4O2S. The second kappa shape index (κ2) is 4.81. The number of anilines is 1. The highest BCUT2D eigenvalue weighted by Crippen LogP contribution is 2.21. The van der Waals surface area contributed by atoms with Crippen LogP contribution in [-0.4, -0.2) is 55.6 Å². The predicted octanol–water partition coefficient (Wildman–Crippen LogP) is 0.113. The summed E-state index contributed by atoms with van der Waals surface area (Å²) in [6, 6.07) is 1.86. The Morgan fingerprint density at radius 2 is 2.17 bits per heavy atom. The fraction of sp³-hybridized carbons (Fsp3) is 0.636. The Morgan fingerprint density at radius 3 is 2.72 bits per heavy atom. The van der Waals surface area contributed by atoms with Gasteiger partial charge < -0.3 is 4.90 Å². The van der Waals surface area contributed by atoms with E-state index in [0.717, 1.165) is 24.7 Å². The summed E-state index contributed by atoms with van der Waals surface area (Å²) >= 11 is 0. The van der Waals surface area contributed by atoms with Crippen LogP contribution in [0.5, 0.6) is 0 Å². The molecule has 2 rings (SSSR count). The van der Waals surface area contributed by atoms with Crippen LogP contribution >= 0.6 is 0 Å². The van der Waals surface area contributed by atoms with Crippen molar-refractivity contribution in [2.45, 2.75) is 6.92 Å². The molecule has 0 radical (unpaired) electrons. The van der Waals surface area contributed by atoms with Crippen molar-refractivity contribution in [3.05, 3.63) is 18.0 Å². The van der Waals surface area contributed by atoms with E-state index in [9.17, 15) is 8.42 Å². The lowest BCUT2D eigenvalue weighted by atomic mass is 10.0. The van der Waals surface area contributed by atoms with Crippen molar-refractivity contribution in [2.75, 3.05) is 37.8 Å². The molecule has 0 spiro atoms. The van der Waals surface area contributed by atoms with E-state index in [1.54, 1.807) is 13.2 Å². The van der Waals surface area contributed by atoms with Crippen molar-refractivity contribution < 1.29 is 8.42 Å². The average Bonchev–Trinajstić information content (AvgIpc) is 2.20. The van der Waals surface area contributed by atoms with Gasteiger partial charge in [0.1, 0.15) is 0 Å². The molecule has 1 aliphatic rings. The zero-order chi connectivity index (χ0) is 13.3. The van der Waals surface area contributed by atoms with Crippen LogP contribution in [0.15, 0.2) is 12.3 Å². The van der Waals surface area contributed by atoms with Gasteiger partial charge in [-0.3, -0.25) is 0 Å². The maximum atomic E-state index is 11.3. The van der Waals surface area contributed by atoms with Crippen LogP contribution in [0.1, 0.15) is 5.69 Å². The van der Waals surface area contributed by atoms with Gasteiger partial charge in [-0.25, -0.2) is 22.7 Å². The van der Waals surface area contributed by atoms with E-state index in [2.05, 4.69) is 14.9 Å². The Bertz CT molecular complexity index is 526. The second-order valence-corrected chi connectivity index (χ2v) is 6.90. The van der Waals surface area contributed by atoms with Crippen LogP contribution in [0.25, 0.3) is 0 Å². The Balaban J connectivity index is 1.88. The lowest BCUT2D eigenvalue weighted by molar-refractivity contribution is 0.325. The molecule has 1 fully saturated rings. The summed E-state index contributed by atoms with van der Waals surface area (Å²) in [5.74, 6) is 1.09. The van der Waals surface area contributed by atoms with E-state index < -0.39 is 10.0 Å². The molecule has 1 aromatic rings. The summed E-state index contributed by atoms with van der Waals surface area (Å²) in [6.07, 6.45) is 2.97. The first kappa shape index (κ1) is 13.2. The second-order valence-electron chi connectivity index (χ2n) is 4.81. The third-order valence-corrected chi connectivity index (χ3v) is 4.38. The topological polar surface area (TPSA) is 66.4 Å². The first-order chi connectivity index (χ1) is 8.36. The zero-order valence-electron chi connectivity index (χ0n) is 10.9. The smallest absolute Gasteiger partial charge is 0.225 e. The van der Waals surface area contributed by atoms with Crippen LogP contribution < -0.4 is 4.90 Å². The minimum atomic E-state index is -3.08. The highest BCUT2D eigenvalue weighted by atomic mass is 32.2. The fourth-order valence-corrected chi connectivity index (χ4v) is 2.42. The van der Waals surface area contributed by atoms with Crippen molar-refractivity contribution in [1.29, 1.82) is 0 Å². The molecule has 1 aromatic heterocycles. The predicted molar refractivity (Wildman–Crippen MR) is 69.9 cm³/mol. The minimum absolute atomic E-state index is 0.355. The Labute approximate surface area is 108 Å². The van der Waals surface area contributed by atoms with Gasteiger partial charge in [0, 0.05) is 44.5 Å². The van der Waals surface area contributed by atoms with Crippen LogP contribution in [0.3, 0.4) is 0 Å². The van der Waals surface area contributed by atoms with Gasteiger partial charge in [0.2, 0.25) is 16.0 Å². The van der Waals surface area contributed by atoms with Crippen LogP contribution in [-0.2, 0) is 10.0 Å². The average molecular weight is 270 g/mol. The first-order valence-electron chi connectivity index (χ1n) is 5.82. The number of aromatic nitrogens is 2. The van der Waals surface area contributed by atoms with Gasteiger partial charge >= 0.3 is 0 Å². The number of nitrogens with zero attached hydrogens (tertiary/aromatic N) is 4. The molecule has 0 aromatic carbocycles. The summed E-state index contributed by atoms with van der Waals surface area (Å²) < 4.78 is 24.0. The van der Waals surface area contributed by atoms with Crippen LogP contribution in [0, 0.1) is 12.8 Å². The highest BCUT2D eigenvalue weighted by molar-refractivity contribution is 7.88. The fourth-order valence-electron chi connectivity index (χ4n) is 1.94. The number of aryl methyl sites for hydroxylation is 1. The van der Waals surface area contributed by atoms with Gasteiger partial charge in [0.25, 0.3) is 0 Å². The molecule has 6 nitrogen and oxygen atoms in total. The molecule has 18 heavy (non-hydrogen) atoms. The molecule has 1 saturated heterocycles. The van der Waals surface area contributed by atoms with Gasteiger partial charge in [-0.1, -0.05) is 0 Å². The van der Waals surface area contributed by atoms with E-state index in [1.807, 2.05) is 13.0 Å². The number of rotatable bonds is 4. The Morgan fingerprint density at radius 1 is 1.50 bits per heavy atom. The normalized spacial score (nSPS) is 17.0. The maximum absolute atomic E-state index is 11.3. The standard InChI is InChI=1S/C11H18N4O2S/c1-9-4-5-12-11(13-9)15-7-10(8-15)6-14(2)18(3,16)17/h4-5,10H,6-8H2,1-3H3. The molecule has 0 amide bonds. The largest absolute Gasteiger partial charge is 0.340 e. The van der Waals surface area contributed by atoms with Gasteiger partial charge in [-0.2, -0.15) is 0 Å². The minimum Gasteiger partial charge on any atom is -0.340 e. The van der Waals surface area contributed by atoms with Crippen molar-refractivity contribution in [2.24, 2.45) is 5.92 Å². The van der Waals surface area contributed by atoms with E-state index in [1.165, 1.54) is 10.6 Å². The van der Waals surface area contributed by atoms with Crippen molar-refractivity contribution >= 4 is 16.0 Å². The molecular weight excluding hydrogens is 252 g/mol. The first-order valence-corrected chi connectivity index (χ1v) is 7.67. The van der Waals surface area contributed by atoms with E-state index in [0.29, 0.717) is 12.5 Å². The Hall–Kier alpha value is -1.21. The monoisotopic (exact) mass is 270 g/mol. The highest BCUT2D eigenvalue weighted by Gasteiger charge is 2.31. The van der Waals surface area contributed by atoms with E-state index in [4.69, 9.17) is 0 Å². The third kappa shape index (κ3) is 2.97. The van der Waals surface area contributed by atoms with Crippen molar-refractivity contribution in [3.63, 3.8) is 0 Å². The summed E-state index contributed by atoms with van der Waals surface area (Å²) in [6.45, 7) is 4.10. The summed E-state index contributed by atoms with van der Waals surface area (Å²) in [4.78, 5) is 10.6. The van der Waals surface area contributed by atoms with Crippen LogP contribution in [0.4, 0.5) is 5.95 Å². The summed E-state index contributed by atoms with van der Waals surface area (Å²) in [5, 5.41) is 0. The van der Waals surface area contributed by atoms with Crippen LogP contribution in [0.2, 0.25) is 0 Å². The summed E-state index contributed by atoms with van der Waals surface area (Å²) in [5.41, 5.74) is 0.941. The zero-order valence-corrected chi connectivity index (χ0v) is 11.7. The molecule has 1 aliphatic heterocycles. The molecule has 100 valence electrons. The van der Waals surface area contributed by atoms with Crippen molar-refractivity contribution in [3.8, 4) is 0 Å². The van der Waals surface area contributed by atoms with Gasteiger partial charge in [0.05, 0.1) is 6.26 Å². The van der Waals surface area contributed by atoms with Gasteiger partial charge in [-0.05, 0) is 13.0 Å².